The number of benzene rings is 2. The zero-order chi connectivity index (χ0) is 20.7. The van der Waals surface area contributed by atoms with Gasteiger partial charge in [0.1, 0.15) is 23.0 Å². The van der Waals surface area contributed by atoms with E-state index in [1.807, 2.05) is 48.5 Å². The molecule has 2 aromatic carbocycles. The number of ether oxygens (including phenoxy) is 1. The first-order valence-corrected chi connectivity index (χ1v) is 11.6. The summed E-state index contributed by atoms with van der Waals surface area (Å²) in [6.45, 7) is 0.617. The number of sulfone groups is 1. The zero-order valence-electron chi connectivity index (χ0n) is 16.2. The zero-order valence-corrected chi connectivity index (χ0v) is 17.0. The van der Waals surface area contributed by atoms with E-state index in [-0.39, 0.29) is 18.2 Å². The standard InChI is InChI=1S/C23H21NO5S/c25-23(24-12-11-17(14-24)30(26,27)15-16-6-5-13-28-16)22-18-7-1-3-9-20(18)29-21-10-4-2-8-19(21)22/h1-10,13,17,22H,11-12,14-15H2/t17-/m0/s1. The lowest BCUT2D eigenvalue weighted by Crippen LogP contribution is -2.36. The summed E-state index contributed by atoms with van der Waals surface area (Å²) in [5.41, 5.74) is 1.62. The smallest absolute Gasteiger partial charge is 0.234 e. The molecule has 1 aromatic heterocycles. The van der Waals surface area contributed by atoms with Crippen molar-refractivity contribution in [1.82, 2.24) is 4.90 Å². The molecule has 1 fully saturated rings. The van der Waals surface area contributed by atoms with Crippen molar-refractivity contribution in [2.24, 2.45) is 0 Å². The van der Waals surface area contributed by atoms with Gasteiger partial charge in [0, 0.05) is 24.2 Å². The first kappa shape index (κ1) is 18.9. The monoisotopic (exact) mass is 423 g/mol. The number of para-hydroxylation sites is 2. The molecule has 6 nitrogen and oxygen atoms in total. The van der Waals surface area contributed by atoms with Crippen molar-refractivity contribution in [1.29, 1.82) is 0 Å². The Balaban J connectivity index is 1.41. The molecule has 0 spiro atoms. The molecule has 0 aliphatic carbocycles. The number of hydrogen-bond acceptors (Lipinski definition) is 5. The molecular weight excluding hydrogens is 402 g/mol. The van der Waals surface area contributed by atoms with Crippen molar-refractivity contribution in [3.63, 3.8) is 0 Å². The highest BCUT2D eigenvalue weighted by Gasteiger charge is 2.40. The summed E-state index contributed by atoms with van der Waals surface area (Å²) in [5, 5.41) is -0.586. The minimum Gasteiger partial charge on any atom is -0.468 e. The number of rotatable bonds is 4. The summed E-state index contributed by atoms with van der Waals surface area (Å²) < 4.78 is 36.8. The minimum absolute atomic E-state index is 0.0890. The van der Waals surface area contributed by atoms with Crippen molar-refractivity contribution in [3.05, 3.63) is 83.8 Å². The topological polar surface area (TPSA) is 76.8 Å². The molecule has 1 saturated heterocycles. The first-order chi connectivity index (χ1) is 14.5. The fraction of sp³-hybridized carbons (Fsp3) is 0.261. The average molecular weight is 423 g/mol. The molecule has 5 rings (SSSR count). The average Bonchev–Trinajstić information content (AvgIpc) is 3.43. The van der Waals surface area contributed by atoms with Crippen LogP contribution in [0, 0.1) is 0 Å². The molecule has 1 amide bonds. The Hall–Kier alpha value is -3.06. The Morgan fingerprint density at radius 1 is 0.967 bits per heavy atom. The van der Waals surface area contributed by atoms with Crippen LogP contribution in [0.4, 0.5) is 0 Å². The Labute approximate surface area is 175 Å². The third-order valence-corrected chi connectivity index (χ3v) is 7.90. The Morgan fingerprint density at radius 2 is 1.63 bits per heavy atom. The van der Waals surface area contributed by atoms with Gasteiger partial charge in [-0.25, -0.2) is 8.42 Å². The number of hydrogen-bond donors (Lipinski definition) is 0. The van der Waals surface area contributed by atoms with Crippen LogP contribution in [0.15, 0.2) is 71.3 Å². The van der Waals surface area contributed by atoms with E-state index in [0.29, 0.717) is 30.2 Å². The van der Waals surface area contributed by atoms with Gasteiger partial charge in [-0.1, -0.05) is 36.4 Å². The second-order valence-electron chi connectivity index (χ2n) is 7.69. The van der Waals surface area contributed by atoms with Crippen LogP contribution in [-0.2, 0) is 20.4 Å². The fourth-order valence-electron chi connectivity index (χ4n) is 4.29. The van der Waals surface area contributed by atoms with E-state index in [0.717, 1.165) is 11.1 Å². The van der Waals surface area contributed by atoms with E-state index < -0.39 is 21.0 Å². The highest BCUT2D eigenvalue weighted by Crippen LogP contribution is 2.45. The van der Waals surface area contributed by atoms with Gasteiger partial charge < -0.3 is 14.1 Å². The highest BCUT2D eigenvalue weighted by molar-refractivity contribution is 7.91. The van der Waals surface area contributed by atoms with Crippen LogP contribution in [0.1, 0.15) is 29.2 Å². The summed E-state index contributed by atoms with van der Waals surface area (Å²) in [7, 11) is -3.41. The SMILES string of the molecule is O=C(C1c2ccccc2Oc2ccccc21)N1CC[C@H](S(=O)(=O)Cc2ccco2)C1. The van der Waals surface area contributed by atoms with Crippen molar-refractivity contribution in [3.8, 4) is 11.5 Å². The number of carbonyl (C=O) groups is 1. The van der Waals surface area contributed by atoms with Crippen LogP contribution in [0.25, 0.3) is 0 Å². The molecule has 2 aliphatic rings. The predicted molar refractivity (Wildman–Crippen MR) is 111 cm³/mol. The second kappa shape index (κ2) is 7.32. The van der Waals surface area contributed by atoms with E-state index in [1.165, 1.54) is 6.26 Å². The summed E-state index contributed by atoms with van der Waals surface area (Å²) >= 11 is 0. The van der Waals surface area contributed by atoms with E-state index >= 15 is 0 Å². The molecular formula is C23H21NO5S. The molecule has 2 aliphatic heterocycles. The van der Waals surface area contributed by atoms with Crippen molar-refractivity contribution in [2.75, 3.05) is 13.1 Å². The number of carbonyl (C=O) groups excluding carboxylic acids is 1. The maximum absolute atomic E-state index is 13.6. The third kappa shape index (κ3) is 3.29. The van der Waals surface area contributed by atoms with E-state index in [9.17, 15) is 13.2 Å². The lowest BCUT2D eigenvalue weighted by Gasteiger charge is -2.30. The number of amides is 1. The molecule has 0 radical (unpaired) electrons. The Kier molecular flexibility index (Phi) is 4.62. The van der Waals surface area contributed by atoms with Crippen LogP contribution < -0.4 is 4.74 Å². The third-order valence-electron chi connectivity index (χ3n) is 5.81. The van der Waals surface area contributed by atoms with Crippen LogP contribution in [0.5, 0.6) is 11.5 Å². The highest BCUT2D eigenvalue weighted by atomic mass is 32.2. The number of furan rings is 1. The number of fused-ring (bicyclic) bond motifs is 2. The summed E-state index contributed by atoms with van der Waals surface area (Å²) in [5.74, 6) is 1.01. The van der Waals surface area contributed by atoms with Gasteiger partial charge in [0.2, 0.25) is 5.91 Å². The molecule has 154 valence electrons. The molecule has 0 unspecified atom stereocenters. The quantitative estimate of drug-likeness (QED) is 0.639. The van der Waals surface area contributed by atoms with E-state index in [1.54, 1.807) is 17.0 Å². The molecule has 7 heteroatoms. The normalized spacial score (nSPS) is 18.5. The minimum atomic E-state index is -3.41. The predicted octanol–water partition coefficient (Wildman–Crippen LogP) is 3.73. The lowest BCUT2D eigenvalue weighted by atomic mass is 9.87. The lowest BCUT2D eigenvalue weighted by molar-refractivity contribution is -0.130. The van der Waals surface area contributed by atoms with Crippen molar-refractivity contribution >= 4 is 15.7 Å². The molecule has 3 aromatic rings. The van der Waals surface area contributed by atoms with Gasteiger partial charge >= 0.3 is 0 Å². The molecule has 0 saturated carbocycles. The van der Waals surface area contributed by atoms with Gasteiger partial charge in [-0.2, -0.15) is 0 Å². The Morgan fingerprint density at radius 3 is 2.27 bits per heavy atom. The van der Waals surface area contributed by atoms with Crippen LogP contribution in [0.2, 0.25) is 0 Å². The fourth-order valence-corrected chi connectivity index (χ4v) is 5.96. The van der Waals surface area contributed by atoms with Gasteiger partial charge in [0.15, 0.2) is 9.84 Å². The molecule has 1 atom stereocenters. The van der Waals surface area contributed by atoms with Crippen molar-refractivity contribution < 1.29 is 22.4 Å². The van der Waals surface area contributed by atoms with Gasteiger partial charge in [0.05, 0.1) is 17.4 Å². The summed E-state index contributed by atoms with van der Waals surface area (Å²) in [6.07, 6.45) is 1.90. The Bertz CT molecular complexity index is 1140. The van der Waals surface area contributed by atoms with Gasteiger partial charge in [-0.3, -0.25) is 4.79 Å². The molecule has 0 bridgehead atoms. The summed E-state index contributed by atoms with van der Waals surface area (Å²) in [6, 6.07) is 18.4. The molecule has 30 heavy (non-hydrogen) atoms. The number of nitrogens with zero attached hydrogens (tertiary/aromatic N) is 1. The molecule has 3 heterocycles. The maximum atomic E-state index is 13.6. The molecule has 0 N–H and O–H groups in total. The van der Waals surface area contributed by atoms with Crippen molar-refractivity contribution in [2.45, 2.75) is 23.3 Å². The van der Waals surface area contributed by atoms with Gasteiger partial charge in [0.25, 0.3) is 0 Å². The van der Waals surface area contributed by atoms with E-state index in [4.69, 9.17) is 9.15 Å². The largest absolute Gasteiger partial charge is 0.468 e. The van der Waals surface area contributed by atoms with Gasteiger partial charge in [-0.05, 0) is 30.7 Å². The van der Waals surface area contributed by atoms with E-state index in [2.05, 4.69) is 0 Å². The van der Waals surface area contributed by atoms with Crippen LogP contribution in [-0.4, -0.2) is 37.6 Å². The first-order valence-electron chi connectivity index (χ1n) is 9.91. The summed E-state index contributed by atoms with van der Waals surface area (Å²) in [4.78, 5) is 15.2. The number of likely N-dealkylation sites (tertiary alicyclic amines) is 1. The van der Waals surface area contributed by atoms with Gasteiger partial charge in [-0.15, -0.1) is 0 Å². The van der Waals surface area contributed by atoms with Crippen LogP contribution in [0.3, 0.4) is 0 Å². The second-order valence-corrected chi connectivity index (χ2v) is 9.97. The van der Waals surface area contributed by atoms with Crippen LogP contribution >= 0.6 is 0 Å². The maximum Gasteiger partial charge on any atom is 0.234 e.